The molecule has 3 heterocycles. The van der Waals surface area contributed by atoms with Crippen LogP contribution in [0, 0.1) is 5.82 Å². The van der Waals surface area contributed by atoms with Crippen molar-refractivity contribution in [1.29, 1.82) is 0 Å². The lowest BCUT2D eigenvalue weighted by molar-refractivity contribution is 0.0448. The zero-order valence-electron chi connectivity index (χ0n) is 18.2. The fourth-order valence-electron chi connectivity index (χ4n) is 3.83. The standard InChI is InChI=1S/C23H22FN7O3/c1-25-20-11-19(27-16-6-4-10-30(23(16)34)17-7-3-2-5-14(17)24)29-21-13(12-26-31(20)21)22(33)28-15-8-9-18(15)32/h2-7,10-12,15,18,25,32H,8-9H2,1H3,(H,27,29)(H,28,33)/t15?,18-/m1/s1. The van der Waals surface area contributed by atoms with Crippen LogP contribution < -0.4 is 21.5 Å². The van der Waals surface area contributed by atoms with Gasteiger partial charge in [-0.15, -0.1) is 0 Å². The zero-order valence-corrected chi connectivity index (χ0v) is 18.2. The molecule has 5 rings (SSSR count). The van der Waals surface area contributed by atoms with Gasteiger partial charge in [-0.3, -0.25) is 14.2 Å². The number of pyridine rings is 1. The van der Waals surface area contributed by atoms with Crippen LogP contribution in [0.5, 0.6) is 0 Å². The van der Waals surface area contributed by atoms with Gasteiger partial charge in [-0.1, -0.05) is 12.1 Å². The van der Waals surface area contributed by atoms with Crippen LogP contribution in [0.25, 0.3) is 11.3 Å². The zero-order chi connectivity index (χ0) is 23.8. The number of amides is 1. The van der Waals surface area contributed by atoms with Crippen molar-refractivity contribution < 1.29 is 14.3 Å². The third-order valence-corrected chi connectivity index (χ3v) is 5.85. The summed E-state index contributed by atoms with van der Waals surface area (Å²) in [6.07, 6.45) is 3.68. The van der Waals surface area contributed by atoms with Gasteiger partial charge in [0.25, 0.3) is 11.5 Å². The maximum Gasteiger partial charge on any atom is 0.278 e. The Morgan fingerprint density at radius 1 is 1.21 bits per heavy atom. The normalized spacial score (nSPS) is 17.3. The fourth-order valence-corrected chi connectivity index (χ4v) is 3.83. The largest absolute Gasteiger partial charge is 0.391 e. The van der Waals surface area contributed by atoms with Crippen LogP contribution in [0.4, 0.5) is 21.7 Å². The second kappa shape index (κ2) is 8.60. The van der Waals surface area contributed by atoms with Crippen molar-refractivity contribution in [3.8, 4) is 5.69 Å². The minimum atomic E-state index is -0.557. The molecule has 10 nitrogen and oxygen atoms in total. The summed E-state index contributed by atoms with van der Waals surface area (Å²) in [5.41, 5.74) is 0.337. The van der Waals surface area contributed by atoms with E-state index in [4.69, 9.17) is 0 Å². The molecule has 3 aromatic heterocycles. The van der Waals surface area contributed by atoms with Gasteiger partial charge < -0.3 is 21.1 Å². The molecule has 4 aromatic rings. The number of benzene rings is 1. The molecule has 174 valence electrons. The van der Waals surface area contributed by atoms with Gasteiger partial charge >= 0.3 is 0 Å². The Labute approximate surface area is 193 Å². The number of carbonyl (C=O) groups excluding carboxylic acids is 1. The Hall–Kier alpha value is -4.25. The molecule has 1 saturated carbocycles. The molecule has 4 N–H and O–H groups in total. The number of halogens is 1. The molecule has 1 aromatic carbocycles. The van der Waals surface area contributed by atoms with Crippen molar-refractivity contribution in [2.75, 3.05) is 17.7 Å². The summed E-state index contributed by atoms with van der Waals surface area (Å²) in [6.45, 7) is 0. The quantitative estimate of drug-likeness (QED) is 0.345. The van der Waals surface area contributed by atoms with E-state index in [1.807, 2.05) is 0 Å². The van der Waals surface area contributed by atoms with E-state index in [2.05, 4.69) is 26.0 Å². The van der Waals surface area contributed by atoms with Crippen LogP contribution >= 0.6 is 0 Å². The van der Waals surface area contributed by atoms with Gasteiger partial charge in [0.05, 0.1) is 24.0 Å². The molecule has 0 aliphatic heterocycles. The highest BCUT2D eigenvalue weighted by atomic mass is 19.1. The fraction of sp³-hybridized carbons (Fsp3) is 0.217. The van der Waals surface area contributed by atoms with Crippen molar-refractivity contribution in [3.63, 3.8) is 0 Å². The summed E-state index contributed by atoms with van der Waals surface area (Å²) in [7, 11) is 1.69. The Kier molecular flexibility index (Phi) is 5.46. The van der Waals surface area contributed by atoms with E-state index in [1.165, 1.54) is 33.6 Å². The third-order valence-electron chi connectivity index (χ3n) is 5.85. The van der Waals surface area contributed by atoms with Crippen LogP contribution in [0.3, 0.4) is 0 Å². The molecule has 34 heavy (non-hydrogen) atoms. The van der Waals surface area contributed by atoms with Crippen molar-refractivity contribution >= 4 is 28.9 Å². The third kappa shape index (κ3) is 3.75. The Balaban J connectivity index is 1.51. The summed E-state index contributed by atoms with van der Waals surface area (Å²) in [5.74, 6) is -0.101. The molecule has 1 unspecified atom stereocenters. The smallest absolute Gasteiger partial charge is 0.278 e. The van der Waals surface area contributed by atoms with E-state index < -0.39 is 23.4 Å². The van der Waals surface area contributed by atoms with Crippen molar-refractivity contribution in [2.45, 2.75) is 25.0 Å². The number of aromatic nitrogens is 4. The summed E-state index contributed by atoms with van der Waals surface area (Å²) in [4.78, 5) is 30.3. The molecule has 11 heteroatoms. The van der Waals surface area contributed by atoms with E-state index in [0.29, 0.717) is 24.5 Å². The summed E-state index contributed by atoms with van der Waals surface area (Å²) < 4.78 is 16.9. The maximum atomic E-state index is 14.3. The first-order valence-corrected chi connectivity index (χ1v) is 10.8. The molecule has 0 radical (unpaired) electrons. The molecular formula is C23H22FN7O3. The van der Waals surface area contributed by atoms with Crippen molar-refractivity contribution in [1.82, 2.24) is 24.5 Å². The molecule has 2 atom stereocenters. The van der Waals surface area contributed by atoms with Crippen molar-refractivity contribution in [2.24, 2.45) is 0 Å². The second-order valence-corrected chi connectivity index (χ2v) is 7.97. The van der Waals surface area contributed by atoms with Crippen LogP contribution in [0.1, 0.15) is 23.2 Å². The van der Waals surface area contributed by atoms with Gasteiger partial charge in [-0.05, 0) is 37.1 Å². The molecule has 0 spiro atoms. The second-order valence-electron chi connectivity index (χ2n) is 7.97. The number of fused-ring (bicyclic) bond motifs is 1. The SMILES string of the molecule is CNc1cc(Nc2cccn(-c3ccccc3F)c2=O)nc2c(C(=O)NC3CC[C@H]3O)cnn12. The number of carbonyl (C=O) groups is 1. The lowest BCUT2D eigenvalue weighted by Gasteiger charge is -2.32. The van der Waals surface area contributed by atoms with Crippen LogP contribution in [0.15, 0.2) is 59.7 Å². The monoisotopic (exact) mass is 463 g/mol. The lowest BCUT2D eigenvalue weighted by atomic mass is 9.89. The molecule has 1 fully saturated rings. The number of nitrogens with one attached hydrogen (secondary N) is 3. The van der Waals surface area contributed by atoms with Gasteiger partial charge in [-0.25, -0.2) is 9.37 Å². The van der Waals surface area contributed by atoms with E-state index in [1.54, 1.807) is 37.4 Å². The average Bonchev–Trinajstić information content (AvgIpc) is 3.27. The molecule has 1 aliphatic rings. The number of rotatable bonds is 6. The van der Waals surface area contributed by atoms with Crippen LogP contribution in [-0.2, 0) is 0 Å². The first-order valence-electron chi connectivity index (χ1n) is 10.8. The highest BCUT2D eigenvalue weighted by Gasteiger charge is 2.31. The van der Waals surface area contributed by atoms with E-state index in [-0.39, 0.29) is 28.6 Å². The topological polar surface area (TPSA) is 126 Å². The number of nitrogens with zero attached hydrogens (tertiary/aromatic N) is 4. The first-order chi connectivity index (χ1) is 16.5. The number of para-hydroxylation sites is 1. The molecule has 1 aliphatic carbocycles. The minimum Gasteiger partial charge on any atom is -0.391 e. The van der Waals surface area contributed by atoms with Gasteiger partial charge in [0, 0.05) is 19.3 Å². The predicted molar refractivity (Wildman–Crippen MR) is 124 cm³/mol. The Bertz CT molecular complexity index is 1450. The van der Waals surface area contributed by atoms with E-state index in [0.717, 1.165) is 0 Å². The van der Waals surface area contributed by atoms with Crippen molar-refractivity contribution in [3.05, 3.63) is 76.6 Å². The lowest BCUT2D eigenvalue weighted by Crippen LogP contribution is -2.50. The van der Waals surface area contributed by atoms with Crippen LogP contribution in [0.2, 0.25) is 0 Å². The number of hydrogen-bond donors (Lipinski definition) is 4. The molecule has 1 amide bonds. The molecule has 0 bridgehead atoms. The van der Waals surface area contributed by atoms with E-state index >= 15 is 0 Å². The van der Waals surface area contributed by atoms with Crippen LogP contribution in [-0.4, -0.2) is 49.4 Å². The number of anilines is 3. The van der Waals surface area contributed by atoms with Gasteiger partial charge in [-0.2, -0.15) is 9.61 Å². The Morgan fingerprint density at radius 3 is 2.74 bits per heavy atom. The summed E-state index contributed by atoms with van der Waals surface area (Å²) in [5, 5.41) is 22.8. The van der Waals surface area contributed by atoms with Gasteiger partial charge in [0.15, 0.2) is 5.65 Å². The summed E-state index contributed by atoms with van der Waals surface area (Å²) >= 11 is 0. The number of aliphatic hydroxyl groups excluding tert-OH is 1. The Morgan fingerprint density at radius 2 is 2.03 bits per heavy atom. The molecular weight excluding hydrogens is 441 g/mol. The average molecular weight is 463 g/mol. The molecule has 0 saturated heterocycles. The number of aliphatic hydroxyl groups is 1. The minimum absolute atomic E-state index is 0.128. The first kappa shape index (κ1) is 21.6. The summed E-state index contributed by atoms with van der Waals surface area (Å²) in [6, 6.07) is 10.5. The maximum absolute atomic E-state index is 14.3. The number of hydrogen-bond acceptors (Lipinski definition) is 7. The highest BCUT2D eigenvalue weighted by molar-refractivity contribution is 6.00. The highest BCUT2D eigenvalue weighted by Crippen LogP contribution is 2.23. The van der Waals surface area contributed by atoms with Gasteiger partial charge in [0.1, 0.15) is 28.7 Å². The van der Waals surface area contributed by atoms with Gasteiger partial charge in [0.2, 0.25) is 0 Å². The predicted octanol–water partition coefficient (Wildman–Crippen LogP) is 2.06. The van der Waals surface area contributed by atoms with E-state index in [9.17, 15) is 19.1 Å².